The third-order valence-corrected chi connectivity index (χ3v) is 3.46. The topological polar surface area (TPSA) is 82.2 Å². The van der Waals surface area contributed by atoms with Crippen LogP contribution in [0.1, 0.15) is 12.1 Å². The van der Waals surface area contributed by atoms with Gasteiger partial charge in [-0.05, 0) is 19.1 Å². The van der Waals surface area contributed by atoms with Crippen molar-refractivity contribution in [3.05, 3.63) is 35.1 Å². The van der Waals surface area contributed by atoms with E-state index >= 15 is 0 Å². The number of aromatic nitrogens is 2. The average molecular weight is 309 g/mol. The van der Waals surface area contributed by atoms with Gasteiger partial charge < -0.3 is 15.8 Å². The fourth-order valence-corrected chi connectivity index (χ4v) is 2.02. The fraction of sp³-hybridized carbons (Fsp3) is 0.286. The van der Waals surface area contributed by atoms with Crippen LogP contribution < -0.4 is 15.8 Å². The Balaban J connectivity index is 1.97. The van der Waals surface area contributed by atoms with E-state index in [2.05, 4.69) is 10.4 Å². The molecular weight excluding hydrogens is 292 g/mol. The van der Waals surface area contributed by atoms with Crippen molar-refractivity contribution in [1.29, 1.82) is 0 Å². The van der Waals surface area contributed by atoms with E-state index in [1.54, 1.807) is 29.1 Å². The van der Waals surface area contributed by atoms with Gasteiger partial charge in [-0.2, -0.15) is 5.10 Å². The highest BCUT2D eigenvalue weighted by Crippen LogP contribution is 2.26. The molecule has 2 rings (SSSR count). The van der Waals surface area contributed by atoms with Crippen LogP contribution in [0.3, 0.4) is 0 Å². The van der Waals surface area contributed by atoms with E-state index in [1.165, 1.54) is 7.11 Å². The molecule has 6 nitrogen and oxygen atoms in total. The Bertz CT molecular complexity index is 654. The number of halogens is 1. The number of nitrogens with zero attached hydrogens (tertiary/aromatic N) is 2. The number of anilines is 2. The Hall–Kier alpha value is -2.21. The number of hydrogen-bond acceptors (Lipinski definition) is 4. The second-order valence-corrected chi connectivity index (χ2v) is 4.97. The quantitative estimate of drug-likeness (QED) is 0.831. The first-order valence-electron chi connectivity index (χ1n) is 6.42. The Labute approximate surface area is 127 Å². The predicted octanol–water partition coefficient (Wildman–Crippen LogP) is 2.46. The third kappa shape index (κ3) is 3.66. The van der Waals surface area contributed by atoms with Gasteiger partial charge in [0.25, 0.3) is 0 Å². The van der Waals surface area contributed by atoms with Crippen molar-refractivity contribution in [3.8, 4) is 5.75 Å². The lowest BCUT2D eigenvalue weighted by Crippen LogP contribution is -2.16. The molecule has 0 bridgehead atoms. The molecule has 0 fully saturated rings. The number of carbonyl (C=O) groups is 1. The van der Waals surface area contributed by atoms with Gasteiger partial charge in [-0.15, -0.1) is 0 Å². The summed E-state index contributed by atoms with van der Waals surface area (Å²) in [6, 6.07) is 5.07. The predicted molar refractivity (Wildman–Crippen MR) is 82.6 cm³/mol. The molecule has 0 atom stereocenters. The van der Waals surface area contributed by atoms with Gasteiger partial charge in [0.2, 0.25) is 5.91 Å². The molecule has 1 amide bonds. The monoisotopic (exact) mass is 308 g/mol. The first-order valence-corrected chi connectivity index (χ1v) is 6.80. The second-order valence-electron chi connectivity index (χ2n) is 4.56. The summed E-state index contributed by atoms with van der Waals surface area (Å²) in [4.78, 5) is 12.0. The van der Waals surface area contributed by atoms with Crippen molar-refractivity contribution in [2.75, 3.05) is 18.2 Å². The molecule has 1 aromatic heterocycles. The highest BCUT2D eigenvalue weighted by Gasteiger charge is 2.10. The molecule has 7 heteroatoms. The number of nitrogens with one attached hydrogen (secondary N) is 1. The zero-order valence-electron chi connectivity index (χ0n) is 11.9. The van der Waals surface area contributed by atoms with Crippen LogP contribution in [0.4, 0.5) is 11.4 Å². The van der Waals surface area contributed by atoms with Crippen molar-refractivity contribution < 1.29 is 9.53 Å². The van der Waals surface area contributed by atoms with Gasteiger partial charge in [0.1, 0.15) is 5.75 Å². The SMILES string of the molecule is COc1cc(N)ccc1NC(=O)CCn1ncc(Cl)c1C. The number of benzene rings is 1. The molecule has 0 radical (unpaired) electrons. The highest BCUT2D eigenvalue weighted by atomic mass is 35.5. The molecule has 0 saturated carbocycles. The number of nitrogens with two attached hydrogens (primary N) is 1. The summed E-state index contributed by atoms with van der Waals surface area (Å²) in [5.74, 6) is 0.394. The fourth-order valence-electron chi connectivity index (χ4n) is 1.88. The van der Waals surface area contributed by atoms with Crippen molar-refractivity contribution in [2.45, 2.75) is 19.9 Å². The molecule has 0 saturated heterocycles. The number of ether oxygens (including phenoxy) is 1. The summed E-state index contributed by atoms with van der Waals surface area (Å²) < 4.78 is 6.88. The molecule has 21 heavy (non-hydrogen) atoms. The van der Waals surface area contributed by atoms with E-state index < -0.39 is 0 Å². The van der Waals surface area contributed by atoms with Crippen LogP contribution in [0.15, 0.2) is 24.4 Å². The minimum Gasteiger partial charge on any atom is -0.494 e. The summed E-state index contributed by atoms with van der Waals surface area (Å²) in [5.41, 5.74) is 7.68. The number of hydrogen-bond donors (Lipinski definition) is 2. The summed E-state index contributed by atoms with van der Waals surface area (Å²) in [6.07, 6.45) is 1.85. The van der Waals surface area contributed by atoms with Gasteiger partial charge in [0, 0.05) is 18.2 Å². The molecule has 2 aromatic rings. The Morgan fingerprint density at radius 2 is 2.29 bits per heavy atom. The zero-order valence-corrected chi connectivity index (χ0v) is 12.6. The number of amides is 1. The number of carbonyl (C=O) groups excluding carboxylic acids is 1. The van der Waals surface area contributed by atoms with Gasteiger partial charge in [0.15, 0.2) is 0 Å². The smallest absolute Gasteiger partial charge is 0.226 e. The number of methoxy groups -OCH3 is 1. The largest absolute Gasteiger partial charge is 0.494 e. The van der Waals surface area contributed by atoms with Gasteiger partial charge in [0.05, 0.1) is 36.3 Å². The summed E-state index contributed by atoms with van der Waals surface area (Å²) in [6.45, 7) is 2.32. The molecule has 0 unspecified atom stereocenters. The van der Waals surface area contributed by atoms with Gasteiger partial charge in [-0.1, -0.05) is 11.6 Å². The van der Waals surface area contributed by atoms with Crippen molar-refractivity contribution in [2.24, 2.45) is 0 Å². The first-order chi connectivity index (χ1) is 10.0. The van der Waals surface area contributed by atoms with E-state index in [0.717, 1.165) is 5.69 Å². The molecule has 0 aliphatic rings. The van der Waals surface area contributed by atoms with E-state index in [9.17, 15) is 4.79 Å². The van der Waals surface area contributed by atoms with Crippen LogP contribution in [0.2, 0.25) is 5.02 Å². The lowest BCUT2D eigenvalue weighted by Gasteiger charge is -2.11. The molecular formula is C14H17ClN4O2. The summed E-state index contributed by atoms with van der Waals surface area (Å²) >= 11 is 5.92. The molecule has 1 aromatic carbocycles. The van der Waals surface area contributed by atoms with Crippen molar-refractivity contribution in [1.82, 2.24) is 9.78 Å². The van der Waals surface area contributed by atoms with Crippen LogP contribution >= 0.6 is 11.6 Å². The number of rotatable bonds is 5. The van der Waals surface area contributed by atoms with Crippen LogP contribution in [0.25, 0.3) is 0 Å². The van der Waals surface area contributed by atoms with Crippen LogP contribution in [0.5, 0.6) is 5.75 Å². The van der Waals surface area contributed by atoms with E-state index in [0.29, 0.717) is 28.7 Å². The Morgan fingerprint density at radius 3 is 2.90 bits per heavy atom. The maximum Gasteiger partial charge on any atom is 0.226 e. The Morgan fingerprint density at radius 1 is 1.52 bits per heavy atom. The van der Waals surface area contributed by atoms with Gasteiger partial charge >= 0.3 is 0 Å². The lowest BCUT2D eigenvalue weighted by molar-refractivity contribution is -0.116. The van der Waals surface area contributed by atoms with E-state index in [1.807, 2.05) is 6.92 Å². The summed E-state index contributed by atoms with van der Waals surface area (Å²) in [7, 11) is 1.53. The zero-order chi connectivity index (χ0) is 15.4. The number of nitrogen functional groups attached to an aromatic ring is 1. The minimum absolute atomic E-state index is 0.135. The molecule has 0 spiro atoms. The third-order valence-electron chi connectivity index (χ3n) is 3.09. The van der Waals surface area contributed by atoms with Crippen molar-refractivity contribution in [3.63, 3.8) is 0 Å². The van der Waals surface area contributed by atoms with E-state index in [-0.39, 0.29) is 12.3 Å². The highest BCUT2D eigenvalue weighted by molar-refractivity contribution is 6.31. The van der Waals surface area contributed by atoms with Crippen molar-refractivity contribution >= 4 is 28.9 Å². The van der Waals surface area contributed by atoms with Gasteiger partial charge in [-0.25, -0.2) is 0 Å². The maximum absolute atomic E-state index is 12.0. The van der Waals surface area contributed by atoms with Crippen LogP contribution in [-0.2, 0) is 11.3 Å². The number of aryl methyl sites for hydroxylation is 1. The molecule has 1 heterocycles. The van der Waals surface area contributed by atoms with Gasteiger partial charge in [-0.3, -0.25) is 9.48 Å². The van der Waals surface area contributed by atoms with Crippen LogP contribution in [0, 0.1) is 6.92 Å². The standard InChI is InChI=1S/C14H17ClN4O2/c1-9-11(15)8-17-19(9)6-5-14(20)18-12-4-3-10(16)7-13(12)21-2/h3-4,7-8H,5-6,16H2,1-2H3,(H,18,20). The lowest BCUT2D eigenvalue weighted by atomic mass is 10.2. The van der Waals surface area contributed by atoms with Crippen LogP contribution in [-0.4, -0.2) is 22.8 Å². The Kier molecular flexibility index (Phi) is 4.70. The minimum atomic E-state index is -0.135. The first kappa shape index (κ1) is 15.2. The normalized spacial score (nSPS) is 10.4. The van der Waals surface area contributed by atoms with E-state index in [4.69, 9.17) is 22.1 Å². The molecule has 0 aliphatic carbocycles. The summed E-state index contributed by atoms with van der Waals surface area (Å²) in [5, 5.41) is 7.49. The molecule has 0 aliphatic heterocycles. The average Bonchev–Trinajstić information content (AvgIpc) is 2.78. The second kappa shape index (κ2) is 6.49. The molecule has 112 valence electrons. The molecule has 3 N–H and O–H groups in total. The maximum atomic E-state index is 12.0.